The van der Waals surface area contributed by atoms with Gasteiger partial charge in [0.1, 0.15) is 0 Å². The quantitative estimate of drug-likeness (QED) is 0.521. The molecule has 4 bridgehead atoms. The van der Waals surface area contributed by atoms with Crippen LogP contribution in [-0.2, 0) is 0 Å². The Kier molecular flexibility index (Phi) is 2.50. The van der Waals surface area contributed by atoms with Gasteiger partial charge < -0.3 is 0 Å². The molecule has 1 heteroatoms. The van der Waals surface area contributed by atoms with Gasteiger partial charge in [-0.15, -0.1) is 0 Å². The minimum absolute atomic E-state index is 0.694. The molecule has 0 saturated heterocycles. The fourth-order valence-corrected chi connectivity index (χ4v) is 5.28. The van der Waals surface area contributed by atoms with Crippen LogP contribution in [0.5, 0.6) is 0 Å². The summed E-state index contributed by atoms with van der Waals surface area (Å²) in [5.74, 6) is 3.25. The first-order valence-corrected chi connectivity index (χ1v) is 7.54. The minimum Gasteiger partial charge on any atom is -0.0990 e. The van der Waals surface area contributed by atoms with Gasteiger partial charge in [0.2, 0.25) is 0 Å². The average molecular weight is 269 g/mol. The van der Waals surface area contributed by atoms with E-state index in [0.717, 1.165) is 23.1 Å². The highest BCUT2D eigenvalue weighted by molar-refractivity contribution is 9.09. The Bertz CT molecular complexity index is 244. The summed E-state index contributed by atoms with van der Waals surface area (Å²) in [5.41, 5.74) is 2.12. The fourth-order valence-electron chi connectivity index (χ4n) is 5.08. The number of halogens is 1. The topological polar surface area (TPSA) is 0 Å². The maximum absolute atomic E-state index is 4.20. The largest absolute Gasteiger partial charge is 0.0990 e. The standard InChI is InChI=1S/C14H21Br/c1-10(9-15)5-14-6-11-2-12(7-14)4-13(3-11)8-14/h11-13H,1-9H2. The van der Waals surface area contributed by atoms with Gasteiger partial charge in [0, 0.05) is 5.33 Å². The van der Waals surface area contributed by atoms with Crippen molar-refractivity contribution in [3.63, 3.8) is 0 Å². The third-order valence-corrected chi connectivity index (χ3v) is 5.77. The molecule has 15 heavy (non-hydrogen) atoms. The van der Waals surface area contributed by atoms with Crippen molar-refractivity contribution in [2.45, 2.75) is 44.9 Å². The number of hydrogen-bond donors (Lipinski definition) is 0. The van der Waals surface area contributed by atoms with E-state index >= 15 is 0 Å². The first-order valence-electron chi connectivity index (χ1n) is 6.42. The summed E-state index contributed by atoms with van der Waals surface area (Å²) in [6.45, 7) is 4.20. The zero-order chi connectivity index (χ0) is 10.5. The van der Waals surface area contributed by atoms with E-state index in [1.165, 1.54) is 31.3 Å². The molecular formula is C14H21Br. The van der Waals surface area contributed by atoms with Gasteiger partial charge in [-0.2, -0.15) is 0 Å². The lowest BCUT2D eigenvalue weighted by Gasteiger charge is -2.57. The second-order valence-corrected chi connectivity index (χ2v) is 7.04. The van der Waals surface area contributed by atoms with Gasteiger partial charge >= 0.3 is 0 Å². The van der Waals surface area contributed by atoms with Crippen LogP contribution in [-0.4, -0.2) is 5.33 Å². The average Bonchev–Trinajstić information content (AvgIpc) is 2.14. The third kappa shape index (κ3) is 1.81. The van der Waals surface area contributed by atoms with Crippen molar-refractivity contribution in [3.05, 3.63) is 12.2 Å². The van der Waals surface area contributed by atoms with Crippen LogP contribution in [0.3, 0.4) is 0 Å². The van der Waals surface area contributed by atoms with Crippen molar-refractivity contribution in [3.8, 4) is 0 Å². The van der Waals surface area contributed by atoms with Crippen LogP contribution in [0.15, 0.2) is 12.2 Å². The van der Waals surface area contributed by atoms with E-state index in [1.807, 2.05) is 0 Å². The summed E-state index contributed by atoms with van der Waals surface area (Å²) in [7, 11) is 0. The number of allylic oxidation sites excluding steroid dienone is 1. The zero-order valence-electron chi connectivity index (χ0n) is 9.47. The molecule has 4 aliphatic carbocycles. The summed E-state index contributed by atoms with van der Waals surface area (Å²) in [6, 6.07) is 0. The summed E-state index contributed by atoms with van der Waals surface area (Å²) in [4.78, 5) is 0. The summed E-state index contributed by atoms with van der Waals surface area (Å²) in [6.07, 6.45) is 10.5. The lowest BCUT2D eigenvalue weighted by Crippen LogP contribution is -2.46. The van der Waals surface area contributed by atoms with Crippen molar-refractivity contribution in [1.29, 1.82) is 0 Å². The Morgan fingerprint density at radius 1 is 1.07 bits per heavy atom. The maximum atomic E-state index is 4.20. The molecule has 0 heterocycles. The molecule has 0 aromatic heterocycles. The molecule has 0 amide bonds. The van der Waals surface area contributed by atoms with Crippen LogP contribution in [0.2, 0.25) is 0 Å². The molecule has 0 aromatic rings. The molecule has 84 valence electrons. The van der Waals surface area contributed by atoms with Crippen LogP contribution in [0, 0.1) is 23.2 Å². The van der Waals surface area contributed by atoms with Crippen LogP contribution >= 0.6 is 15.9 Å². The lowest BCUT2D eigenvalue weighted by molar-refractivity contribution is -0.0519. The van der Waals surface area contributed by atoms with E-state index in [2.05, 4.69) is 22.5 Å². The highest BCUT2D eigenvalue weighted by Gasteiger charge is 2.50. The number of alkyl halides is 1. The molecule has 4 saturated carbocycles. The number of rotatable bonds is 3. The van der Waals surface area contributed by atoms with Crippen molar-refractivity contribution >= 4 is 15.9 Å². The molecule has 0 nitrogen and oxygen atoms in total. The first-order chi connectivity index (χ1) is 7.19. The van der Waals surface area contributed by atoms with E-state index in [-0.39, 0.29) is 0 Å². The predicted octanol–water partition coefficient (Wildman–Crippen LogP) is 4.54. The molecule has 0 unspecified atom stereocenters. The molecule has 0 atom stereocenters. The second kappa shape index (κ2) is 3.61. The molecule has 4 fully saturated rings. The van der Waals surface area contributed by atoms with Gasteiger partial charge in [-0.1, -0.05) is 28.1 Å². The van der Waals surface area contributed by atoms with Crippen LogP contribution in [0.4, 0.5) is 0 Å². The van der Waals surface area contributed by atoms with Crippen molar-refractivity contribution in [2.75, 3.05) is 5.33 Å². The predicted molar refractivity (Wildman–Crippen MR) is 68.2 cm³/mol. The van der Waals surface area contributed by atoms with Crippen molar-refractivity contribution < 1.29 is 0 Å². The highest BCUT2D eigenvalue weighted by atomic mass is 79.9. The minimum atomic E-state index is 0.694. The monoisotopic (exact) mass is 268 g/mol. The molecular weight excluding hydrogens is 248 g/mol. The fraction of sp³-hybridized carbons (Fsp3) is 0.857. The Morgan fingerprint density at radius 3 is 1.93 bits per heavy atom. The van der Waals surface area contributed by atoms with Gasteiger partial charge in [0.05, 0.1) is 0 Å². The van der Waals surface area contributed by atoms with Crippen LogP contribution < -0.4 is 0 Å². The molecule has 0 N–H and O–H groups in total. The van der Waals surface area contributed by atoms with Gasteiger partial charge in [-0.3, -0.25) is 0 Å². The SMILES string of the molecule is C=C(CBr)CC12CC3CC(CC(C3)C1)C2. The Labute approximate surface area is 102 Å². The van der Waals surface area contributed by atoms with E-state index < -0.39 is 0 Å². The summed E-state index contributed by atoms with van der Waals surface area (Å²) in [5, 5.41) is 1.01. The molecule has 0 aliphatic heterocycles. The van der Waals surface area contributed by atoms with Gasteiger partial charge in [0.25, 0.3) is 0 Å². The highest BCUT2D eigenvalue weighted by Crippen LogP contribution is 2.61. The number of hydrogen-bond acceptors (Lipinski definition) is 0. The summed E-state index contributed by atoms with van der Waals surface area (Å²) >= 11 is 3.55. The van der Waals surface area contributed by atoms with E-state index in [1.54, 1.807) is 19.3 Å². The molecule has 4 aliphatic rings. The molecule has 0 spiro atoms. The van der Waals surface area contributed by atoms with Crippen LogP contribution in [0.1, 0.15) is 44.9 Å². The molecule has 0 radical (unpaired) electrons. The second-order valence-electron chi connectivity index (χ2n) is 6.48. The molecule has 4 rings (SSSR count). The van der Waals surface area contributed by atoms with Gasteiger partial charge in [-0.05, 0) is 68.1 Å². The smallest absolute Gasteiger partial charge is 0.0239 e. The van der Waals surface area contributed by atoms with Crippen LogP contribution in [0.25, 0.3) is 0 Å². The normalized spacial score (nSPS) is 47.1. The van der Waals surface area contributed by atoms with Gasteiger partial charge in [0.15, 0.2) is 0 Å². The van der Waals surface area contributed by atoms with Crippen molar-refractivity contribution in [1.82, 2.24) is 0 Å². The molecule has 0 aromatic carbocycles. The van der Waals surface area contributed by atoms with Crippen molar-refractivity contribution in [2.24, 2.45) is 23.2 Å². The first kappa shape index (κ1) is 10.4. The summed E-state index contributed by atoms with van der Waals surface area (Å²) < 4.78 is 0. The lowest BCUT2D eigenvalue weighted by atomic mass is 9.48. The van der Waals surface area contributed by atoms with Gasteiger partial charge in [-0.25, -0.2) is 0 Å². The Morgan fingerprint density at radius 2 is 1.53 bits per heavy atom. The third-order valence-electron chi connectivity index (χ3n) is 4.98. The van der Waals surface area contributed by atoms with E-state index in [4.69, 9.17) is 0 Å². The Hall–Kier alpha value is 0.220. The van der Waals surface area contributed by atoms with E-state index in [0.29, 0.717) is 5.41 Å². The Balaban J connectivity index is 1.78. The van der Waals surface area contributed by atoms with E-state index in [9.17, 15) is 0 Å². The zero-order valence-corrected chi connectivity index (χ0v) is 11.1. The maximum Gasteiger partial charge on any atom is 0.0239 e.